The summed E-state index contributed by atoms with van der Waals surface area (Å²) in [7, 11) is 0. The molecule has 2 aromatic rings. The van der Waals surface area contributed by atoms with Gasteiger partial charge in [0.15, 0.2) is 6.61 Å². The van der Waals surface area contributed by atoms with Gasteiger partial charge in [0.25, 0.3) is 5.91 Å². The molecule has 3 aliphatic carbocycles. The van der Waals surface area contributed by atoms with Gasteiger partial charge in [0.1, 0.15) is 23.4 Å². The highest BCUT2D eigenvalue weighted by Crippen LogP contribution is 2.64. The standard InChI is InChI=1S/C23H24ClFN2O3/c24-16-1-5-19(6-2-16)30-20-9-10-27(11-20)23-13-22(14-23,15-23)26-21(28)12-29-18-7-3-17(25)4-8-18/h1-8,20H,9-15H2,(H,26,28). The van der Waals surface area contributed by atoms with Crippen molar-refractivity contribution in [3.05, 3.63) is 59.4 Å². The maximum atomic E-state index is 12.9. The molecule has 5 nitrogen and oxygen atoms in total. The van der Waals surface area contributed by atoms with Crippen molar-refractivity contribution >= 4 is 17.5 Å². The number of likely N-dealkylation sites (tertiary alicyclic amines) is 1. The quantitative estimate of drug-likeness (QED) is 0.725. The number of benzene rings is 2. The Hall–Kier alpha value is -2.31. The number of ether oxygens (including phenoxy) is 2. The number of hydrogen-bond acceptors (Lipinski definition) is 4. The molecule has 1 aliphatic heterocycles. The predicted octanol–water partition coefficient (Wildman–Crippen LogP) is 3.80. The van der Waals surface area contributed by atoms with Crippen molar-refractivity contribution < 1.29 is 18.7 Å². The zero-order valence-corrected chi connectivity index (χ0v) is 17.3. The summed E-state index contributed by atoms with van der Waals surface area (Å²) in [4.78, 5) is 14.8. The molecule has 1 saturated heterocycles. The van der Waals surface area contributed by atoms with Crippen molar-refractivity contribution in [3.8, 4) is 11.5 Å². The molecule has 30 heavy (non-hydrogen) atoms. The van der Waals surface area contributed by atoms with Crippen LogP contribution in [0.5, 0.6) is 11.5 Å². The smallest absolute Gasteiger partial charge is 0.258 e. The van der Waals surface area contributed by atoms with Crippen molar-refractivity contribution in [3.63, 3.8) is 0 Å². The number of amides is 1. The van der Waals surface area contributed by atoms with E-state index in [9.17, 15) is 9.18 Å². The van der Waals surface area contributed by atoms with Crippen molar-refractivity contribution in [2.75, 3.05) is 19.7 Å². The Balaban J connectivity index is 1.06. The normalized spacial score (nSPS) is 29.6. The summed E-state index contributed by atoms with van der Waals surface area (Å²) >= 11 is 5.93. The van der Waals surface area contributed by atoms with Crippen LogP contribution in [0.2, 0.25) is 5.02 Å². The maximum absolute atomic E-state index is 12.9. The second-order valence-electron chi connectivity index (χ2n) is 8.75. The van der Waals surface area contributed by atoms with Crippen molar-refractivity contribution in [2.45, 2.75) is 42.9 Å². The van der Waals surface area contributed by atoms with E-state index < -0.39 is 0 Å². The summed E-state index contributed by atoms with van der Waals surface area (Å²) < 4.78 is 24.5. The van der Waals surface area contributed by atoms with E-state index in [1.165, 1.54) is 24.3 Å². The molecule has 6 rings (SSSR count). The molecule has 0 radical (unpaired) electrons. The summed E-state index contributed by atoms with van der Waals surface area (Å²) in [5.41, 5.74) is 0.127. The van der Waals surface area contributed by atoms with Gasteiger partial charge in [-0.1, -0.05) is 11.6 Å². The molecule has 0 spiro atoms. The Labute approximate surface area is 180 Å². The van der Waals surface area contributed by atoms with Gasteiger partial charge in [-0.15, -0.1) is 0 Å². The van der Waals surface area contributed by atoms with Gasteiger partial charge in [0, 0.05) is 29.2 Å². The number of halogens is 2. The maximum Gasteiger partial charge on any atom is 0.258 e. The number of nitrogens with zero attached hydrogens (tertiary/aromatic N) is 1. The van der Waals surface area contributed by atoms with E-state index >= 15 is 0 Å². The summed E-state index contributed by atoms with van der Waals surface area (Å²) in [5, 5.41) is 3.84. The van der Waals surface area contributed by atoms with Crippen LogP contribution >= 0.6 is 11.6 Å². The third-order valence-corrected chi connectivity index (χ3v) is 6.77. The third kappa shape index (κ3) is 3.74. The van der Waals surface area contributed by atoms with Gasteiger partial charge >= 0.3 is 0 Å². The topological polar surface area (TPSA) is 50.8 Å². The number of carbonyl (C=O) groups is 1. The zero-order chi connectivity index (χ0) is 20.8. The van der Waals surface area contributed by atoms with E-state index in [4.69, 9.17) is 21.1 Å². The van der Waals surface area contributed by atoms with Crippen LogP contribution in [-0.4, -0.2) is 47.7 Å². The molecule has 1 heterocycles. The van der Waals surface area contributed by atoms with E-state index in [-0.39, 0.29) is 35.5 Å². The summed E-state index contributed by atoms with van der Waals surface area (Å²) in [5.74, 6) is 0.893. The van der Waals surface area contributed by atoms with Gasteiger partial charge in [0.2, 0.25) is 0 Å². The van der Waals surface area contributed by atoms with Crippen molar-refractivity contribution in [1.29, 1.82) is 0 Å². The highest BCUT2D eigenvalue weighted by Gasteiger charge is 2.71. The first-order valence-corrected chi connectivity index (χ1v) is 10.7. The number of carbonyl (C=O) groups excluding carboxylic acids is 1. The molecule has 1 atom stereocenters. The number of rotatable bonds is 7. The Morgan fingerprint density at radius 1 is 1.10 bits per heavy atom. The molecule has 1 amide bonds. The fourth-order valence-electron chi connectivity index (χ4n) is 5.17. The fraction of sp³-hybridized carbons (Fsp3) is 0.435. The summed E-state index contributed by atoms with van der Waals surface area (Å²) in [6, 6.07) is 13.2. The SMILES string of the molecule is O=C(COc1ccc(F)cc1)NC12CC(N3CCC(Oc4ccc(Cl)cc4)C3)(C1)C2. The molecule has 7 heteroatoms. The molecule has 158 valence electrons. The van der Waals surface area contributed by atoms with Gasteiger partial charge in [0.05, 0.1) is 0 Å². The number of hydrogen-bond donors (Lipinski definition) is 1. The molecule has 2 aromatic carbocycles. The first kappa shape index (κ1) is 19.6. The minimum atomic E-state index is -0.325. The van der Waals surface area contributed by atoms with Crippen LogP contribution in [0, 0.1) is 5.82 Å². The van der Waals surface area contributed by atoms with E-state index in [1.807, 2.05) is 24.3 Å². The first-order chi connectivity index (χ1) is 14.4. The summed E-state index contributed by atoms with van der Waals surface area (Å²) in [6.45, 7) is 1.89. The molecule has 1 unspecified atom stereocenters. The Morgan fingerprint density at radius 2 is 1.77 bits per heavy atom. The molecule has 3 saturated carbocycles. The van der Waals surface area contributed by atoms with Gasteiger partial charge in [-0.05, 0) is 74.2 Å². The lowest BCUT2D eigenvalue weighted by Gasteiger charge is -2.73. The van der Waals surface area contributed by atoms with E-state index in [0.29, 0.717) is 10.8 Å². The fourth-order valence-corrected chi connectivity index (χ4v) is 5.30. The van der Waals surface area contributed by atoms with Crippen LogP contribution in [0.3, 0.4) is 0 Å². The lowest BCUT2D eigenvalue weighted by Crippen LogP contribution is -2.83. The second kappa shape index (κ2) is 7.43. The Kier molecular flexibility index (Phi) is 4.86. The lowest BCUT2D eigenvalue weighted by atomic mass is 9.43. The van der Waals surface area contributed by atoms with Gasteiger partial charge in [-0.2, -0.15) is 0 Å². The van der Waals surface area contributed by atoms with Crippen LogP contribution in [0.25, 0.3) is 0 Å². The molecule has 2 bridgehead atoms. The second-order valence-corrected chi connectivity index (χ2v) is 9.19. The largest absolute Gasteiger partial charge is 0.489 e. The summed E-state index contributed by atoms with van der Waals surface area (Å²) in [6.07, 6.45) is 4.15. The Bertz CT molecular complexity index is 915. The zero-order valence-electron chi connectivity index (χ0n) is 16.6. The van der Waals surface area contributed by atoms with E-state index in [2.05, 4.69) is 10.2 Å². The van der Waals surface area contributed by atoms with Crippen LogP contribution in [0.1, 0.15) is 25.7 Å². The average molecular weight is 431 g/mol. The van der Waals surface area contributed by atoms with Crippen molar-refractivity contribution in [1.82, 2.24) is 10.2 Å². The third-order valence-electron chi connectivity index (χ3n) is 6.52. The van der Waals surface area contributed by atoms with E-state index in [1.54, 1.807) is 0 Å². The Morgan fingerprint density at radius 3 is 2.47 bits per heavy atom. The molecule has 4 fully saturated rings. The van der Waals surface area contributed by atoms with Gasteiger partial charge in [-0.25, -0.2) is 4.39 Å². The van der Waals surface area contributed by atoms with Crippen LogP contribution < -0.4 is 14.8 Å². The highest BCUT2D eigenvalue weighted by atomic mass is 35.5. The van der Waals surface area contributed by atoms with Gasteiger partial charge < -0.3 is 14.8 Å². The van der Waals surface area contributed by atoms with Gasteiger partial charge in [-0.3, -0.25) is 9.69 Å². The minimum absolute atomic E-state index is 0.0545. The molecular weight excluding hydrogens is 407 g/mol. The number of nitrogens with one attached hydrogen (secondary N) is 1. The molecular formula is C23H24ClFN2O3. The molecule has 4 aliphatic rings. The van der Waals surface area contributed by atoms with Crippen LogP contribution in [-0.2, 0) is 4.79 Å². The molecule has 1 N–H and O–H groups in total. The predicted molar refractivity (Wildman–Crippen MR) is 111 cm³/mol. The van der Waals surface area contributed by atoms with Crippen LogP contribution in [0.4, 0.5) is 4.39 Å². The van der Waals surface area contributed by atoms with E-state index in [0.717, 1.165) is 44.5 Å². The first-order valence-electron chi connectivity index (χ1n) is 10.3. The average Bonchev–Trinajstić information content (AvgIpc) is 3.13. The highest BCUT2D eigenvalue weighted by molar-refractivity contribution is 6.30. The minimum Gasteiger partial charge on any atom is -0.489 e. The lowest BCUT2D eigenvalue weighted by molar-refractivity contribution is -0.179. The molecule has 0 aromatic heterocycles. The van der Waals surface area contributed by atoms with Crippen molar-refractivity contribution in [2.24, 2.45) is 0 Å². The monoisotopic (exact) mass is 430 g/mol. The van der Waals surface area contributed by atoms with Crippen LogP contribution in [0.15, 0.2) is 48.5 Å².